The van der Waals surface area contributed by atoms with Gasteiger partial charge in [0.05, 0.1) is 16.7 Å². The van der Waals surface area contributed by atoms with Gasteiger partial charge in [-0.2, -0.15) is 22.0 Å². The van der Waals surface area contributed by atoms with Crippen LogP contribution in [0, 0.1) is 17.5 Å². The summed E-state index contributed by atoms with van der Waals surface area (Å²) in [5, 5.41) is 0. The molecule has 0 unspecified atom stereocenters. The number of benzene rings is 3. The minimum atomic E-state index is -5.19. The zero-order chi connectivity index (χ0) is 28.8. The van der Waals surface area contributed by atoms with Crippen LogP contribution in [0.1, 0.15) is 74.3 Å². The van der Waals surface area contributed by atoms with Crippen LogP contribution in [-0.2, 0) is 30.5 Å². The zero-order valence-corrected chi connectivity index (χ0v) is 21.7. The van der Waals surface area contributed by atoms with Crippen LogP contribution in [0.2, 0.25) is 0 Å². The Kier molecular flexibility index (Phi) is 7.76. The van der Waals surface area contributed by atoms with Gasteiger partial charge in [0.25, 0.3) is 5.85 Å². The summed E-state index contributed by atoms with van der Waals surface area (Å²) < 4.78 is 127. The summed E-state index contributed by atoms with van der Waals surface area (Å²) in [6.07, 6.45) is 3.65. The molecule has 9 heteroatoms. The molecule has 0 saturated heterocycles. The van der Waals surface area contributed by atoms with E-state index in [9.17, 15) is 4.39 Å². The molecule has 1 nitrogen and oxygen atoms in total. The van der Waals surface area contributed by atoms with Crippen molar-refractivity contribution in [1.82, 2.24) is 0 Å². The summed E-state index contributed by atoms with van der Waals surface area (Å²) in [6.45, 7) is 4.44. The molecule has 0 heterocycles. The highest BCUT2D eigenvalue weighted by Crippen LogP contribution is 2.60. The third kappa shape index (κ3) is 4.89. The van der Waals surface area contributed by atoms with Crippen LogP contribution in [0.3, 0.4) is 0 Å². The first-order chi connectivity index (χ1) is 18.3. The van der Waals surface area contributed by atoms with Crippen molar-refractivity contribution in [1.29, 1.82) is 0 Å². The number of ether oxygens (including phenoxy) is 1. The van der Waals surface area contributed by atoms with Crippen molar-refractivity contribution in [2.45, 2.75) is 77.0 Å². The van der Waals surface area contributed by atoms with Crippen LogP contribution in [0.25, 0.3) is 11.1 Å². The quantitative estimate of drug-likeness (QED) is 0.188. The van der Waals surface area contributed by atoms with Crippen molar-refractivity contribution in [3.05, 3.63) is 87.7 Å². The average molecular weight is 557 g/mol. The molecule has 210 valence electrons. The Labute approximate surface area is 221 Å². The monoisotopic (exact) mass is 556 g/mol. The van der Waals surface area contributed by atoms with Gasteiger partial charge in [0.1, 0.15) is 11.6 Å². The van der Waals surface area contributed by atoms with Gasteiger partial charge in [0.15, 0.2) is 11.6 Å². The smallest absolute Gasteiger partial charge is 0.343 e. The SMILES string of the molecule is CCCCCc1ccc([C@@](C)(F)Oc2ccc3c(c2F)C(F)(F)C(F)(F)c2c-3ccc(CCC)c2F)c(F)c1. The van der Waals surface area contributed by atoms with Crippen LogP contribution in [0.5, 0.6) is 5.75 Å². The van der Waals surface area contributed by atoms with E-state index >= 15 is 30.7 Å². The number of unbranched alkanes of at least 4 members (excludes halogenated alkanes) is 2. The second-order valence-electron chi connectivity index (χ2n) is 9.95. The largest absolute Gasteiger partial charge is 0.451 e. The Morgan fingerprint density at radius 3 is 1.95 bits per heavy atom. The lowest BCUT2D eigenvalue weighted by molar-refractivity contribution is -0.228. The van der Waals surface area contributed by atoms with Gasteiger partial charge in [-0.05, 0) is 65.8 Å². The Balaban J connectivity index is 1.76. The lowest BCUT2D eigenvalue weighted by atomic mass is 9.78. The topological polar surface area (TPSA) is 9.23 Å². The second-order valence-corrected chi connectivity index (χ2v) is 9.95. The Morgan fingerprint density at radius 2 is 1.36 bits per heavy atom. The van der Waals surface area contributed by atoms with Crippen LogP contribution >= 0.6 is 0 Å². The normalized spacial score (nSPS) is 16.8. The van der Waals surface area contributed by atoms with Crippen molar-refractivity contribution < 1.29 is 39.9 Å². The molecule has 0 N–H and O–H groups in total. The highest BCUT2D eigenvalue weighted by Gasteiger charge is 2.65. The molecular formula is C30H28F8O. The van der Waals surface area contributed by atoms with E-state index in [1.807, 2.05) is 6.92 Å². The minimum Gasteiger partial charge on any atom is -0.451 e. The van der Waals surface area contributed by atoms with Crippen molar-refractivity contribution in [2.24, 2.45) is 0 Å². The molecule has 39 heavy (non-hydrogen) atoms. The first-order valence-corrected chi connectivity index (χ1v) is 12.9. The molecule has 1 atom stereocenters. The molecule has 3 aromatic rings. The molecule has 0 spiro atoms. The molecule has 1 aliphatic rings. The van der Waals surface area contributed by atoms with Crippen LogP contribution in [-0.4, -0.2) is 0 Å². The van der Waals surface area contributed by atoms with Gasteiger partial charge in [0.2, 0.25) is 0 Å². The van der Waals surface area contributed by atoms with Crippen molar-refractivity contribution >= 4 is 0 Å². The highest BCUT2D eigenvalue weighted by atomic mass is 19.3. The maximum absolute atomic E-state index is 15.6. The Morgan fingerprint density at radius 1 is 0.744 bits per heavy atom. The van der Waals surface area contributed by atoms with E-state index in [0.717, 1.165) is 56.5 Å². The number of fused-ring (bicyclic) bond motifs is 3. The lowest BCUT2D eigenvalue weighted by Gasteiger charge is -2.36. The number of aryl methyl sites for hydroxylation is 2. The van der Waals surface area contributed by atoms with Gasteiger partial charge in [-0.1, -0.05) is 51.3 Å². The summed E-state index contributed by atoms with van der Waals surface area (Å²) in [7, 11) is 0. The molecule has 0 amide bonds. The predicted molar refractivity (Wildman–Crippen MR) is 132 cm³/mol. The van der Waals surface area contributed by atoms with E-state index in [1.165, 1.54) is 12.1 Å². The molecule has 0 fully saturated rings. The van der Waals surface area contributed by atoms with E-state index in [1.54, 1.807) is 6.92 Å². The average Bonchev–Trinajstić information content (AvgIpc) is 2.85. The van der Waals surface area contributed by atoms with E-state index < -0.39 is 68.7 Å². The summed E-state index contributed by atoms with van der Waals surface area (Å²) in [6, 6.07) is 7.57. The number of alkyl halides is 5. The summed E-state index contributed by atoms with van der Waals surface area (Å²) in [4.78, 5) is 0. The van der Waals surface area contributed by atoms with E-state index in [2.05, 4.69) is 0 Å². The molecule has 0 aromatic heterocycles. The number of hydrogen-bond donors (Lipinski definition) is 0. The van der Waals surface area contributed by atoms with Gasteiger partial charge < -0.3 is 4.74 Å². The van der Waals surface area contributed by atoms with Crippen molar-refractivity contribution in [3.63, 3.8) is 0 Å². The second kappa shape index (κ2) is 10.5. The zero-order valence-electron chi connectivity index (χ0n) is 21.7. The molecule has 0 bridgehead atoms. The van der Waals surface area contributed by atoms with Gasteiger partial charge in [0, 0.05) is 6.92 Å². The lowest BCUT2D eigenvalue weighted by Crippen LogP contribution is -2.41. The van der Waals surface area contributed by atoms with E-state index in [4.69, 9.17) is 4.74 Å². The summed E-state index contributed by atoms with van der Waals surface area (Å²) in [5.41, 5.74) is -4.71. The van der Waals surface area contributed by atoms with Gasteiger partial charge in [-0.3, -0.25) is 0 Å². The van der Waals surface area contributed by atoms with Gasteiger partial charge >= 0.3 is 11.8 Å². The van der Waals surface area contributed by atoms with Gasteiger partial charge in [-0.15, -0.1) is 0 Å². The van der Waals surface area contributed by atoms with E-state index in [-0.39, 0.29) is 12.0 Å². The molecule has 4 rings (SSSR count). The number of halogens is 8. The third-order valence-electron chi connectivity index (χ3n) is 7.05. The van der Waals surface area contributed by atoms with E-state index in [0.29, 0.717) is 18.4 Å². The molecular weight excluding hydrogens is 528 g/mol. The highest BCUT2D eigenvalue weighted by molar-refractivity contribution is 5.77. The van der Waals surface area contributed by atoms with Crippen LogP contribution in [0.15, 0.2) is 42.5 Å². The fraction of sp³-hybridized carbons (Fsp3) is 0.400. The fourth-order valence-electron chi connectivity index (χ4n) is 5.01. The molecule has 0 radical (unpaired) electrons. The van der Waals surface area contributed by atoms with Crippen molar-refractivity contribution in [2.75, 3.05) is 0 Å². The third-order valence-corrected chi connectivity index (χ3v) is 7.05. The maximum Gasteiger partial charge on any atom is 0.343 e. The summed E-state index contributed by atoms with van der Waals surface area (Å²) >= 11 is 0. The molecule has 0 saturated carbocycles. The number of hydrogen-bond acceptors (Lipinski definition) is 1. The summed E-state index contributed by atoms with van der Waals surface area (Å²) in [5.74, 6) is -18.9. The molecule has 1 aliphatic carbocycles. The molecule has 3 aromatic carbocycles. The first-order valence-electron chi connectivity index (χ1n) is 12.9. The number of rotatable bonds is 9. The van der Waals surface area contributed by atoms with Crippen LogP contribution < -0.4 is 4.74 Å². The minimum absolute atomic E-state index is 0.0418. The Bertz CT molecular complexity index is 1380. The Hall–Kier alpha value is -3.10. The first kappa shape index (κ1) is 28.9. The fourth-order valence-corrected chi connectivity index (χ4v) is 5.01. The predicted octanol–water partition coefficient (Wildman–Crippen LogP) is 9.87. The van der Waals surface area contributed by atoms with Gasteiger partial charge in [-0.25, -0.2) is 13.2 Å². The standard InChI is InChI=1S/C30H28F8O/c1-4-6-7-9-17-10-14-21(22(31)16-17)28(3,34)39-23-15-13-20-19-12-11-18(8-5-2)26(32)24(19)29(35,36)30(37,38)25(20)27(23)33/h10-16H,4-9H2,1-3H3/t28-/m0/s1. The van der Waals surface area contributed by atoms with Crippen molar-refractivity contribution in [3.8, 4) is 16.9 Å². The molecule has 0 aliphatic heterocycles. The maximum atomic E-state index is 15.6. The van der Waals surface area contributed by atoms with Crippen LogP contribution in [0.4, 0.5) is 35.1 Å².